The Morgan fingerprint density at radius 1 is 1.23 bits per heavy atom. The minimum Gasteiger partial charge on any atom is -0.507 e. The number of rotatable bonds is 4. The van der Waals surface area contributed by atoms with E-state index in [-0.39, 0.29) is 23.4 Å². The Morgan fingerprint density at radius 3 is 2.31 bits per heavy atom. The van der Waals surface area contributed by atoms with Gasteiger partial charge < -0.3 is 14.9 Å². The number of ether oxygens (including phenoxy) is 1. The summed E-state index contributed by atoms with van der Waals surface area (Å²) in [6.45, 7) is 12.0. The van der Waals surface area contributed by atoms with Crippen LogP contribution in [0.2, 0.25) is 0 Å². The molecule has 3 atom stereocenters. The van der Waals surface area contributed by atoms with Gasteiger partial charge in [0, 0.05) is 5.57 Å². The van der Waals surface area contributed by atoms with Gasteiger partial charge in [-0.2, -0.15) is 0 Å². The molecule has 1 saturated carbocycles. The minimum absolute atomic E-state index is 0.0671. The number of carboxylic acid groups (broad SMARTS) is 1. The second-order valence-corrected chi connectivity index (χ2v) is 7.37. The minimum atomic E-state index is -1.11. The summed E-state index contributed by atoms with van der Waals surface area (Å²) >= 11 is 0. The Hall–Kier alpha value is -2.30. The van der Waals surface area contributed by atoms with Crippen LogP contribution in [0, 0.1) is 17.8 Å². The maximum absolute atomic E-state index is 11.6. The van der Waals surface area contributed by atoms with E-state index in [9.17, 15) is 9.59 Å². The van der Waals surface area contributed by atoms with Crippen molar-refractivity contribution in [2.24, 2.45) is 17.8 Å². The molecular formula is C21H30O5. The number of aromatic carboxylic acids is 1. The number of benzene rings is 1. The number of esters is 1. The summed E-state index contributed by atoms with van der Waals surface area (Å²) < 4.78 is 5.56. The zero-order valence-electron chi connectivity index (χ0n) is 16.1. The van der Waals surface area contributed by atoms with Gasteiger partial charge in [0.2, 0.25) is 0 Å². The van der Waals surface area contributed by atoms with Crippen molar-refractivity contribution in [1.29, 1.82) is 0 Å². The Labute approximate surface area is 155 Å². The molecule has 0 spiro atoms. The van der Waals surface area contributed by atoms with Crippen molar-refractivity contribution in [1.82, 2.24) is 0 Å². The molecular weight excluding hydrogens is 332 g/mol. The van der Waals surface area contributed by atoms with Gasteiger partial charge in [-0.1, -0.05) is 45.9 Å². The van der Waals surface area contributed by atoms with Crippen molar-refractivity contribution in [3.63, 3.8) is 0 Å². The summed E-state index contributed by atoms with van der Waals surface area (Å²) in [7, 11) is 0. The fraction of sp³-hybridized carbons (Fsp3) is 0.524. The van der Waals surface area contributed by atoms with E-state index in [0.29, 0.717) is 23.3 Å². The lowest BCUT2D eigenvalue weighted by Gasteiger charge is -2.36. The quantitative estimate of drug-likeness (QED) is 0.601. The number of phenols is 1. The van der Waals surface area contributed by atoms with Crippen LogP contribution >= 0.6 is 0 Å². The first kappa shape index (κ1) is 21.7. The van der Waals surface area contributed by atoms with Crippen LogP contribution in [-0.2, 0) is 9.53 Å². The first-order valence-corrected chi connectivity index (χ1v) is 9.01. The molecule has 0 heterocycles. The molecule has 0 radical (unpaired) electrons. The van der Waals surface area contributed by atoms with Crippen LogP contribution in [0.5, 0.6) is 5.75 Å². The van der Waals surface area contributed by atoms with E-state index in [1.54, 1.807) is 19.1 Å². The highest BCUT2D eigenvalue weighted by molar-refractivity contribution is 5.90. The second-order valence-electron chi connectivity index (χ2n) is 7.37. The maximum atomic E-state index is 11.6. The van der Waals surface area contributed by atoms with E-state index < -0.39 is 5.97 Å². The number of hydrogen-bond acceptors (Lipinski definition) is 4. The van der Waals surface area contributed by atoms with Gasteiger partial charge in [-0.05, 0) is 49.7 Å². The largest absolute Gasteiger partial charge is 0.507 e. The first-order chi connectivity index (χ1) is 12.1. The summed E-state index contributed by atoms with van der Waals surface area (Å²) in [5.41, 5.74) is 0.434. The van der Waals surface area contributed by atoms with Crippen LogP contribution < -0.4 is 0 Å². The van der Waals surface area contributed by atoms with E-state index in [1.807, 2.05) is 0 Å². The monoisotopic (exact) mass is 362 g/mol. The Kier molecular flexibility index (Phi) is 8.36. The Bertz CT molecular complexity index is 635. The highest BCUT2D eigenvalue weighted by Crippen LogP contribution is 2.35. The van der Waals surface area contributed by atoms with Gasteiger partial charge in [0.05, 0.1) is 0 Å². The third kappa shape index (κ3) is 6.54. The summed E-state index contributed by atoms with van der Waals surface area (Å²) in [5, 5.41) is 17.3. The topological polar surface area (TPSA) is 83.8 Å². The standard InChI is InChI=1S/C14H24O2.C7H6O3/c1-9(2)12-7-6-11(5)8-13(12)16-14(15)10(3)4;8-6-4-2-1-3-5(6)7(9)10/h9,11-13H,3,6-8H2,1-2,4-5H3;1-4,8H,(H,9,10). The number of carboxylic acids is 1. The van der Waals surface area contributed by atoms with Gasteiger partial charge in [0.1, 0.15) is 17.4 Å². The highest BCUT2D eigenvalue weighted by Gasteiger charge is 2.33. The van der Waals surface area contributed by atoms with Crippen LogP contribution in [0.15, 0.2) is 36.4 Å². The van der Waals surface area contributed by atoms with Crippen molar-refractivity contribution in [2.75, 3.05) is 0 Å². The van der Waals surface area contributed by atoms with E-state index in [4.69, 9.17) is 14.9 Å². The van der Waals surface area contributed by atoms with Crippen LogP contribution in [0.3, 0.4) is 0 Å². The van der Waals surface area contributed by atoms with Gasteiger partial charge >= 0.3 is 11.9 Å². The van der Waals surface area contributed by atoms with Crippen molar-refractivity contribution in [3.05, 3.63) is 42.0 Å². The lowest BCUT2D eigenvalue weighted by Crippen LogP contribution is -2.35. The zero-order chi connectivity index (χ0) is 19.9. The molecule has 1 aromatic carbocycles. The molecule has 1 aliphatic rings. The van der Waals surface area contributed by atoms with Gasteiger partial charge in [-0.3, -0.25) is 0 Å². The molecule has 26 heavy (non-hydrogen) atoms. The SMILES string of the molecule is C=C(C)C(=O)OC1CC(C)CCC1C(C)C.O=C(O)c1ccccc1O. The molecule has 2 N–H and O–H groups in total. The highest BCUT2D eigenvalue weighted by atomic mass is 16.5. The third-order valence-electron chi connectivity index (χ3n) is 4.70. The molecule has 0 aromatic heterocycles. The van der Waals surface area contributed by atoms with Gasteiger partial charge in [-0.15, -0.1) is 0 Å². The fourth-order valence-corrected chi connectivity index (χ4v) is 3.14. The lowest BCUT2D eigenvalue weighted by atomic mass is 9.75. The van der Waals surface area contributed by atoms with Gasteiger partial charge in [-0.25, -0.2) is 9.59 Å². The molecule has 0 saturated heterocycles. The van der Waals surface area contributed by atoms with Crippen molar-refractivity contribution < 1.29 is 24.5 Å². The summed E-state index contributed by atoms with van der Waals surface area (Å²) in [6, 6.07) is 5.81. The van der Waals surface area contributed by atoms with Crippen LogP contribution in [0.4, 0.5) is 0 Å². The van der Waals surface area contributed by atoms with Crippen molar-refractivity contribution in [2.45, 2.75) is 53.1 Å². The normalized spacial score (nSPS) is 22.1. The number of hydrogen-bond donors (Lipinski definition) is 2. The number of aromatic hydroxyl groups is 1. The van der Waals surface area contributed by atoms with E-state index in [1.165, 1.54) is 25.0 Å². The van der Waals surface area contributed by atoms with Crippen LogP contribution in [0.25, 0.3) is 0 Å². The first-order valence-electron chi connectivity index (χ1n) is 9.01. The lowest BCUT2D eigenvalue weighted by molar-refractivity contribution is -0.150. The summed E-state index contributed by atoms with van der Waals surface area (Å²) in [5.74, 6) is 0.214. The zero-order valence-corrected chi connectivity index (χ0v) is 16.1. The number of carbonyl (C=O) groups excluding carboxylic acids is 1. The Balaban J connectivity index is 0.000000289. The maximum Gasteiger partial charge on any atom is 0.339 e. The summed E-state index contributed by atoms with van der Waals surface area (Å²) in [4.78, 5) is 21.8. The Morgan fingerprint density at radius 2 is 1.85 bits per heavy atom. The molecule has 0 amide bonds. The van der Waals surface area contributed by atoms with Crippen molar-refractivity contribution in [3.8, 4) is 5.75 Å². The average Bonchev–Trinajstić information content (AvgIpc) is 2.55. The van der Waals surface area contributed by atoms with Gasteiger partial charge in [0.15, 0.2) is 0 Å². The molecule has 1 aromatic rings. The fourth-order valence-electron chi connectivity index (χ4n) is 3.14. The molecule has 0 aliphatic heterocycles. The number of para-hydroxylation sites is 1. The van der Waals surface area contributed by atoms with Crippen LogP contribution in [-0.4, -0.2) is 28.3 Å². The molecule has 5 nitrogen and oxygen atoms in total. The van der Waals surface area contributed by atoms with Gasteiger partial charge in [0.25, 0.3) is 0 Å². The predicted octanol–water partition coefficient (Wildman–Crippen LogP) is 4.66. The number of carbonyl (C=O) groups is 2. The smallest absolute Gasteiger partial charge is 0.339 e. The molecule has 3 unspecified atom stereocenters. The molecule has 1 fully saturated rings. The average molecular weight is 362 g/mol. The third-order valence-corrected chi connectivity index (χ3v) is 4.70. The molecule has 144 valence electrons. The molecule has 5 heteroatoms. The van der Waals surface area contributed by atoms with Crippen molar-refractivity contribution >= 4 is 11.9 Å². The van der Waals surface area contributed by atoms with E-state index in [2.05, 4.69) is 27.4 Å². The molecule has 0 bridgehead atoms. The summed E-state index contributed by atoms with van der Waals surface area (Å²) in [6.07, 6.45) is 3.52. The second kappa shape index (κ2) is 10.00. The predicted molar refractivity (Wildman–Crippen MR) is 101 cm³/mol. The molecule has 1 aliphatic carbocycles. The van der Waals surface area contributed by atoms with E-state index in [0.717, 1.165) is 6.42 Å². The van der Waals surface area contributed by atoms with Crippen LogP contribution in [0.1, 0.15) is 57.3 Å². The molecule has 2 rings (SSSR count). The van der Waals surface area contributed by atoms with E-state index >= 15 is 0 Å².